The van der Waals surface area contributed by atoms with E-state index >= 15 is 0 Å². The van der Waals surface area contributed by atoms with Crippen LogP contribution in [0.5, 0.6) is 0 Å². The highest BCUT2D eigenvalue weighted by Crippen LogP contribution is 2.31. The van der Waals surface area contributed by atoms with Gasteiger partial charge in [-0.05, 0) is 62.9 Å². The molecular formula is C23H27N5O2S2. The van der Waals surface area contributed by atoms with E-state index in [4.69, 9.17) is 0 Å². The molecular weight excluding hydrogens is 442 g/mol. The maximum absolute atomic E-state index is 12.4. The van der Waals surface area contributed by atoms with Gasteiger partial charge in [0.1, 0.15) is 0 Å². The largest absolute Gasteiger partial charge is 0.346 e. The third kappa shape index (κ3) is 6.08. The van der Waals surface area contributed by atoms with Gasteiger partial charge in [0.25, 0.3) is 0 Å². The minimum atomic E-state index is -0.412. The second-order valence-corrected chi connectivity index (χ2v) is 10.1. The third-order valence-electron chi connectivity index (χ3n) is 5.07. The first kappa shape index (κ1) is 23.7. The van der Waals surface area contributed by atoms with Gasteiger partial charge < -0.3 is 16.0 Å². The minimum Gasteiger partial charge on any atom is -0.346 e. The summed E-state index contributed by atoms with van der Waals surface area (Å²) in [6.07, 6.45) is 0. The van der Waals surface area contributed by atoms with E-state index in [-0.39, 0.29) is 18.4 Å². The number of aryl methyl sites for hydroxylation is 3. The van der Waals surface area contributed by atoms with Crippen LogP contribution >= 0.6 is 23.1 Å². The number of nitrogens with zero attached hydrogens (tertiary/aromatic N) is 2. The molecule has 2 aromatic carbocycles. The van der Waals surface area contributed by atoms with Crippen LogP contribution in [0.3, 0.4) is 0 Å². The van der Waals surface area contributed by atoms with Crippen LogP contribution in [-0.2, 0) is 9.59 Å². The fraction of sp³-hybridized carbons (Fsp3) is 0.304. The van der Waals surface area contributed by atoms with Crippen molar-refractivity contribution in [3.05, 3.63) is 58.7 Å². The lowest BCUT2D eigenvalue weighted by Gasteiger charge is -2.13. The van der Waals surface area contributed by atoms with E-state index in [0.29, 0.717) is 9.47 Å². The monoisotopic (exact) mass is 469 g/mol. The number of benzene rings is 2. The summed E-state index contributed by atoms with van der Waals surface area (Å²) >= 11 is 2.70. The Kier molecular flexibility index (Phi) is 7.87. The number of hydrogen-bond donors (Lipinski definition) is 3. The van der Waals surface area contributed by atoms with Crippen molar-refractivity contribution in [3.63, 3.8) is 0 Å². The number of carbonyl (C=O) groups excluding carboxylic acids is 2. The smallest absolute Gasteiger partial charge is 0.243 e. The van der Waals surface area contributed by atoms with Gasteiger partial charge in [-0.1, -0.05) is 53.4 Å². The predicted octanol–water partition coefficient (Wildman–Crippen LogP) is 4.75. The van der Waals surface area contributed by atoms with Crippen molar-refractivity contribution in [1.29, 1.82) is 0 Å². The molecule has 0 aliphatic heterocycles. The van der Waals surface area contributed by atoms with Gasteiger partial charge in [0.05, 0.1) is 11.8 Å². The fourth-order valence-corrected chi connectivity index (χ4v) is 4.95. The van der Waals surface area contributed by atoms with Crippen LogP contribution in [0, 0.1) is 27.7 Å². The lowest BCUT2D eigenvalue weighted by Crippen LogP contribution is -2.37. The van der Waals surface area contributed by atoms with Gasteiger partial charge in [-0.3, -0.25) is 9.59 Å². The molecule has 168 valence electrons. The number of aromatic nitrogens is 2. The van der Waals surface area contributed by atoms with E-state index < -0.39 is 5.25 Å². The number of amides is 2. The highest BCUT2D eigenvalue weighted by atomic mass is 32.2. The molecule has 0 aliphatic rings. The molecule has 1 atom stereocenters. The molecule has 3 N–H and O–H groups in total. The van der Waals surface area contributed by atoms with Crippen molar-refractivity contribution in [3.8, 4) is 0 Å². The topological polar surface area (TPSA) is 96.0 Å². The lowest BCUT2D eigenvalue weighted by molar-refractivity contribution is -0.123. The summed E-state index contributed by atoms with van der Waals surface area (Å²) in [6, 6.07) is 11.9. The third-order valence-corrected chi connectivity index (χ3v) is 7.09. The molecule has 0 fully saturated rings. The van der Waals surface area contributed by atoms with Crippen molar-refractivity contribution in [2.45, 2.75) is 44.2 Å². The number of rotatable bonds is 8. The standard InChI is InChI=1S/C23H27N5O2S2/c1-13-8-7-11-18(16(13)4)25-22-27-28-23(32-22)31-17(5)21(30)24-12-19(29)26-20-14(2)9-6-10-15(20)3/h6-11,17H,12H2,1-5H3,(H,24,30)(H,25,27)(H,26,29). The van der Waals surface area contributed by atoms with Gasteiger partial charge in [0, 0.05) is 11.4 Å². The van der Waals surface area contributed by atoms with Crippen LogP contribution in [0.25, 0.3) is 0 Å². The summed E-state index contributed by atoms with van der Waals surface area (Å²) in [4.78, 5) is 24.7. The van der Waals surface area contributed by atoms with Crippen LogP contribution < -0.4 is 16.0 Å². The van der Waals surface area contributed by atoms with Gasteiger partial charge in [-0.25, -0.2) is 0 Å². The van der Waals surface area contributed by atoms with Crippen LogP contribution in [0.4, 0.5) is 16.5 Å². The number of para-hydroxylation sites is 1. The normalized spacial score (nSPS) is 11.7. The number of carbonyl (C=O) groups is 2. The zero-order valence-corrected chi connectivity index (χ0v) is 20.4. The molecule has 1 aromatic heterocycles. The molecule has 0 aliphatic carbocycles. The number of hydrogen-bond acceptors (Lipinski definition) is 7. The van der Waals surface area contributed by atoms with Crippen molar-refractivity contribution < 1.29 is 9.59 Å². The Balaban J connectivity index is 1.50. The SMILES string of the molecule is Cc1cccc(Nc2nnc(SC(C)C(=O)NCC(=O)Nc3c(C)cccc3C)s2)c1C. The first-order valence-electron chi connectivity index (χ1n) is 10.2. The number of thioether (sulfide) groups is 1. The van der Waals surface area contributed by atoms with E-state index in [1.807, 2.05) is 44.2 Å². The molecule has 0 saturated carbocycles. The molecule has 3 rings (SSSR count). The zero-order chi connectivity index (χ0) is 23.3. The Hall–Kier alpha value is -2.91. The Bertz CT molecular complexity index is 1110. The first-order valence-corrected chi connectivity index (χ1v) is 11.9. The van der Waals surface area contributed by atoms with Gasteiger partial charge in [0.2, 0.25) is 16.9 Å². The van der Waals surface area contributed by atoms with Crippen LogP contribution in [0.15, 0.2) is 40.7 Å². The number of anilines is 3. The molecule has 1 unspecified atom stereocenters. The molecule has 2 amide bonds. The second kappa shape index (κ2) is 10.6. The van der Waals surface area contributed by atoms with E-state index in [9.17, 15) is 9.59 Å². The fourth-order valence-electron chi connectivity index (χ4n) is 3.02. The lowest BCUT2D eigenvalue weighted by atomic mass is 10.1. The maximum Gasteiger partial charge on any atom is 0.243 e. The van der Waals surface area contributed by atoms with E-state index in [1.54, 1.807) is 6.92 Å². The molecule has 7 nitrogen and oxygen atoms in total. The molecule has 32 heavy (non-hydrogen) atoms. The molecule has 0 spiro atoms. The molecule has 1 heterocycles. The summed E-state index contributed by atoms with van der Waals surface area (Å²) in [5.41, 5.74) is 6.08. The summed E-state index contributed by atoms with van der Waals surface area (Å²) < 4.78 is 0.681. The molecule has 9 heteroatoms. The Morgan fingerprint density at radius 3 is 2.38 bits per heavy atom. The average molecular weight is 470 g/mol. The molecule has 0 bridgehead atoms. The maximum atomic E-state index is 12.4. The van der Waals surface area contributed by atoms with Crippen molar-refractivity contribution in [2.75, 3.05) is 17.2 Å². The zero-order valence-electron chi connectivity index (χ0n) is 18.8. The second-order valence-electron chi connectivity index (χ2n) is 7.54. The van der Waals surface area contributed by atoms with Gasteiger partial charge in [-0.2, -0.15) is 0 Å². The van der Waals surface area contributed by atoms with Crippen molar-refractivity contribution in [1.82, 2.24) is 15.5 Å². The van der Waals surface area contributed by atoms with E-state index in [1.165, 1.54) is 28.7 Å². The Labute approximate surface area is 196 Å². The van der Waals surface area contributed by atoms with Crippen molar-refractivity contribution in [2.24, 2.45) is 0 Å². The van der Waals surface area contributed by atoms with Gasteiger partial charge >= 0.3 is 0 Å². The minimum absolute atomic E-state index is 0.0902. The highest BCUT2D eigenvalue weighted by Gasteiger charge is 2.18. The van der Waals surface area contributed by atoms with Gasteiger partial charge in [0.15, 0.2) is 4.34 Å². The molecule has 0 saturated heterocycles. The Morgan fingerprint density at radius 1 is 1.00 bits per heavy atom. The van der Waals surface area contributed by atoms with Crippen LogP contribution in [-0.4, -0.2) is 33.8 Å². The summed E-state index contributed by atoms with van der Waals surface area (Å²) in [6.45, 7) is 9.67. The van der Waals surface area contributed by atoms with Crippen LogP contribution in [0.1, 0.15) is 29.2 Å². The highest BCUT2D eigenvalue weighted by molar-refractivity contribution is 8.02. The summed E-state index contributed by atoms with van der Waals surface area (Å²) in [5.74, 6) is -0.491. The summed E-state index contributed by atoms with van der Waals surface area (Å²) in [5, 5.41) is 17.4. The first-order chi connectivity index (χ1) is 15.2. The average Bonchev–Trinajstić information content (AvgIpc) is 3.19. The predicted molar refractivity (Wildman–Crippen MR) is 132 cm³/mol. The molecule has 0 radical (unpaired) electrons. The van der Waals surface area contributed by atoms with Crippen molar-refractivity contribution >= 4 is 51.4 Å². The van der Waals surface area contributed by atoms with Crippen LogP contribution in [0.2, 0.25) is 0 Å². The molecule has 3 aromatic rings. The van der Waals surface area contributed by atoms with Gasteiger partial charge in [-0.15, -0.1) is 10.2 Å². The van der Waals surface area contributed by atoms with E-state index in [2.05, 4.69) is 46.1 Å². The van der Waals surface area contributed by atoms with E-state index in [0.717, 1.165) is 28.1 Å². The number of nitrogens with one attached hydrogen (secondary N) is 3. The quantitative estimate of drug-likeness (QED) is 0.412. The Morgan fingerprint density at radius 2 is 1.66 bits per heavy atom. The summed E-state index contributed by atoms with van der Waals surface area (Å²) in [7, 11) is 0.